The number of aryl methyl sites for hydroxylation is 1. The van der Waals surface area contributed by atoms with Crippen molar-refractivity contribution in [1.29, 1.82) is 0 Å². The van der Waals surface area contributed by atoms with E-state index < -0.39 is 24.3 Å². The molecule has 0 fully saturated rings. The third-order valence-electron chi connectivity index (χ3n) is 3.73. The van der Waals surface area contributed by atoms with Crippen LogP contribution in [0, 0.1) is 6.92 Å². The first-order valence-corrected chi connectivity index (χ1v) is 8.75. The summed E-state index contributed by atoms with van der Waals surface area (Å²) in [4.78, 5) is 12.1. The zero-order valence-corrected chi connectivity index (χ0v) is 16.0. The van der Waals surface area contributed by atoms with Crippen molar-refractivity contribution in [1.82, 2.24) is 19.6 Å². The maximum Gasteiger partial charge on any atom is 0.433 e. The van der Waals surface area contributed by atoms with Crippen molar-refractivity contribution in [3.05, 3.63) is 63.7 Å². The van der Waals surface area contributed by atoms with Gasteiger partial charge in [0.1, 0.15) is 12.2 Å². The Labute approximate surface area is 167 Å². The van der Waals surface area contributed by atoms with Crippen LogP contribution in [0.2, 0.25) is 10.0 Å². The largest absolute Gasteiger partial charge is 0.433 e. The summed E-state index contributed by atoms with van der Waals surface area (Å²) in [6.45, 7) is 1.24. The van der Waals surface area contributed by atoms with Crippen LogP contribution in [0.5, 0.6) is 0 Å². The highest BCUT2D eigenvalue weighted by molar-refractivity contribution is 6.42. The Kier molecular flexibility index (Phi) is 5.66. The average Bonchev–Trinajstić information content (AvgIpc) is 3.17. The molecule has 2 heterocycles. The Morgan fingerprint density at radius 2 is 1.96 bits per heavy atom. The highest BCUT2D eigenvalue weighted by Crippen LogP contribution is 2.29. The number of benzene rings is 1. The first kappa shape index (κ1) is 20.2. The molecule has 11 heteroatoms. The second kappa shape index (κ2) is 7.84. The van der Waals surface area contributed by atoms with Gasteiger partial charge in [0.15, 0.2) is 0 Å². The lowest BCUT2D eigenvalue weighted by atomic mass is 10.2. The summed E-state index contributed by atoms with van der Waals surface area (Å²) in [5.41, 5.74) is 0.393. The molecule has 1 aromatic carbocycles. The van der Waals surface area contributed by atoms with E-state index in [4.69, 9.17) is 23.2 Å². The quantitative estimate of drug-likeness (QED) is 0.650. The number of hydrogen-bond donors (Lipinski definition) is 1. The van der Waals surface area contributed by atoms with E-state index in [-0.39, 0.29) is 5.69 Å². The fourth-order valence-corrected chi connectivity index (χ4v) is 2.89. The molecule has 6 nitrogen and oxygen atoms in total. The van der Waals surface area contributed by atoms with Crippen molar-refractivity contribution in [3.63, 3.8) is 0 Å². The lowest BCUT2D eigenvalue weighted by Crippen LogP contribution is -2.23. The summed E-state index contributed by atoms with van der Waals surface area (Å²) in [5.74, 6) is -0.650. The molecule has 0 saturated heterocycles. The van der Waals surface area contributed by atoms with Gasteiger partial charge in [0.25, 0.3) is 0 Å². The molecule has 0 aliphatic rings. The molecule has 0 saturated carbocycles. The fraction of sp³-hybridized carbons (Fsp3) is 0.235. The van der Waals surface area contributed by atoms with Gasteiger partial charge in [-0.1, -0.05) is 29.3 Å². The number of anilines is 1. The first-order valence-electron chi connectivity index (χ1n) is 7.99. The van der Waals surface area contributed by atoms with E-state index in [1.54, 1.807) is 29.1 Å². The van der Waals surface area contributed by atoms with E-state index in [0.717, 1.165) is 11.6 Å². The predicted molar refractivity (Wildman–Crippen MR) is 98.4 cm³/mol. The molecule has 0 spiro atoms. The number of nitrogens with one attached hydrogen (secondary N) is 1. The van der Waals surface area contributed by atoms with Crippen LogP contribution in [0.15, 0.2) is 36.7 Å². The Bertz CT molecular complexity index is 1010. The Morgan fingerprint density at radius 1 is 1.21 bits per heavy atom. The zero-order valence-electron chi connectivity index (χ0n) is 14.5. The van der Waals surface area contributed by atoms with Crippen molar-refractivity contribution in [2.24, 2.45) is 0 Å². The Balaban J connectivity index is 1.65. The molecule has 1 N–H and O–H groups in total. The van der Waals surface area contributed by atoms with Gasteiger partial charge in [0.05, 0.1) is 34.2 Å². The zero-order chi connectivity index (χ0) is 20.5. The number of carbonyl (C=O) groups excluding carboxylic acids is 1. The van der Waals surface area contributed by atoms with E-state index >= 15 is 0 Å². The van der Waals surface area contributed by atoms with E-state index in [1.807, 2.05) is 0 Å². The third-order valence-corrected chi connectivity index (χ3v) is 4.47. The van der Waals surface area contributed by atoms with Gasteiger partial charge in [0, 0.05) is 6.20 Å². The molecule has 148 valence electrons. The lowest BCUT2D eigenvalue weighted by molar-refractivity contribution is -0.144. The summed E-state index contributed by atoms with van der Waals surface area (Å²) in [5, 5.41) is 11.2. The van der Waals surface area contributed by atoms with Crippen LogP contribution in [-0.2, 0) is 24.1 Å². The minimum Gasteiger partial charge on any atom is -0.322 e. The summed E-state index contributed by atoms with van der Waals surface area (Å²) < 4.78 is 41.1. The van der Waals surface area contributed by atoms with Crippen molar-refractivity contribution >= 4 is 34.8 Å². The molecule has 1 amide bonds. The van der Waals surface area contributed by atoms with E-state index in [1.165, 1.54) is 13.1 Å². The molecule has 28 heavy (non-hydrogen) atoms. The third kappa shape index (κ3) is 4.85. The molecule has 0 aliphatic carbocycles. The minimum atomic E-state index is -4.59. The fourth-order valence-electron chi connectivity index (χ4n) is 2.57. The SMILES string of the molecule is Cc1cc(C(F)(F)F)n(CC(=O)Nc2cnn(Cc3ccc(Cl)c(Cl)c3)c2)n1. The van der Waals surface area contributed by atoms with Gasteiger partial charge >= 0.3 is 6.18 Å². The van der Waals surface area contributed by atoms with Crippen LogP contribution >= 0.6 is 23.2 Å². The maximum atomic E-state index is 13.0. The van der Waals surface area contributed by atoms with Gasteiger partial charge < -0.3 is 5.32 Å². The summed E-state index contributed by atoms with van der Waals surface area (Å²) in [6, 6.07) is 6.04. The van der Waals surface area contributed by atoms with Crippen LogP contribution in [0.1, 0.15) is 17.0 Å². The van der Waals surface area contributed by atoms with Gasteiger partial charge in [0.2, 0.25) is 5.91 Å². The Hall–Kier alpha value is -2.52. The second-order valence-corrected chi connectivity index (χ2v) is 6.86. The summed E-state index contributed by atoms with van der Waals surface area (Å²) >= 11 is 11.8. The van der Waals surface area contributed by atoms with Gasteiger partial charge in [-0.2, -0.15) is 23.4 Å². The molecule has 2 aromatic heterocycles. The second-order valence-electron chi connectivity index (χ2n) is 6.05. The lowest BCUT2D eigenvalue weighted by Gasteiger charge is -2.09. The number of amides is 1. The Morgan fingerprint density at radius 3 is 2.64 bits per heavy atom. The van der Waals surface area contributed by atoms with Gasteiger partial charge in [-0.25, -0.2) is 0 Å². The van der Waals surface area contributed by atoms with Crippen molar-refractivity contribution < 1.29 is 18.0 Å². The summed E-state index contributed by atoms with van der Waals surface area (Å²) in [6.07, 6.45) is -1.64. The molecule has 3 rings (SSSR count). The standard InChI is InChI=1S/C17H14Cl2F3N5O/c1-10-4-15(17(20,21)22)27(25-10)9-16(28)24-12-6-23-26(8-12)7-11-2-3-13(18)14(19)5-11/h2-6,8H,7,9H2,1H3,(H,24,28). The van der Waals surface area contributed by atoms with Crippen LogP contribution < -0.4 is 5.32 Å². The number of carbonyl (C=O) groups is 1. The van der Waals surface area contributed by atoms with Crippen LogP contribution in [-0.4, -0.2) is 25.5 Å². The highest BCUT2D eigenvalue weighted by atomic mass is 35.5. The van der Waals surface area contributed by atoms with Crippen molar-refractivity contribution in [3.8, 4) is 0 Å². The molecular weight excluding hydrogens is 418 g/mol. The molecule has 0 atom stereocenters. The molecular formula is C17H14Cl2F3N5O. The summed E-state index contributed by atoms with van der Waals surface area (Å²) in [7, 11) is 0. The first-order chi connectivity index (χ1) is 13.1. The maximum absolute atomic E-state index is 13.0. The number of nitrogens with zero attached hydrogens (tertiary/aromatic N) is 4. The van der Waals surface area contributed by atoms with Gasteiger partial charge in [-0.3, -0.25) is 14.2 Å². The van der Waals surface area contributed by atoms with Gasteiger partial charge in [-0.05, 0) is 30.7 Å². The molecule has 3 aromatic rings. The monoisotopic (exact) mass is 431 g/mol. The molecule has 0 radical (unpaired) electrons. The normalized spacial score (nSPS) is 11.6. The molecule has 0 unspecified atom stereocenters. The predicted octanol–water partition coefficient (Wildman–Crippen LogP) is 4.40. The van der Waals surface area contributed by atoms with E-state index in [2.05, 4.69) is 15.5 Å². The smallest absolute Gasteiger partial charge is 0.322 e. The number of alkyl halides is 3. The number of rotatable bonds is 5. The highest BCUT2D eigenvalue weighted by Gasteiger charge is 2.35. The van der Waals surface area contributed by atoms with Crippen LogP contribution in [0.25, 0.3) is 0 Å². The van der Waals surface area contributed by atoms with Crippen molar-refractivity contribution in [2.75, 3.05) is 5.32 Å². The van der Waals surface area contributed by atoms with E-state index in [9.17, 15) is 18.0 Å². The van der Waals surface area contributed by atoms with Crippen molar-refractivity contribution in [2.45, 2.75) is 26.2 Å². The topological polar surface area (TPSA) is 64.7 Å². The number of aromatic nitrogens is 4. The minimum absolute atomic E-state index is 0.176. The van der Waals surface area contributed by atoms with E-state index in [0.29, 0.717) is 27.0 Å². The molecule has 0 aliphatic heterocycles. The number of hydrogen-bond acceptors (Lipinski definition) is 3. The number of halogens is 5. The molecule has 0 bridgehead atoms. The van der Waals surface area contributed by atoms with Crippen LogP contribution in [0.3, 0.4) is 0 Å². The average molecular weight is 432 g/mol. The van der Waals surface area contributed by atoms with Gasteiger partial charge in [-0.15, -0.1) is 0 Å². The van der Waals surface area contributed by atoms with Crippen LogP contribution in [0.4, 0.5) is 18.9 Å².